The van der Waals surface area contributed by atoms with E-state index in [1.807, 2.05) is 40.8 Å². The van der Waals surface area contributed by atoms with Crippen LogP contribution in [0.2, 0.25) is 0 Å². The second-order valence-corrected chi connectivity index (χ2v) is 8.85. The number of amides is 2. The first-order valence-electron chi connectivity index (χ1n) is 13.8. The van der Waals surface area contributed by atoms with Crippen molar-refractivity contribution in [1.82, 2.24) is 20.2 Å². The van der Waals surface area contributed by atoms with Gasteiger partial charge in [-0.25, -0.2) is 9.78 Å². The monoisotopic (exact) mass is 548 g/mol. The van der Waals surface area contributed by atoms with E-state index in [1.165, 1.54) is 29.4 Å². The van der Waals surface area contributed by atoms with Crippen molar-refractivity contribution in [3.05, 3.63) is 58.7 Å². The highest BCUT2D eigenvalue weighted by molar-refractivity contribution is 5.67. The zero-order valence-electron chi connectivity index (χ0n) is 26.7. The molecule has 0 aliphatic carbocycles. The number of aromatic amines is 1. The van der Waals surface area contributed by atoms with E-state index in [4.69, 9.17) is 5.11 Å². The average Bonchev–Trinajstić information content (AvgIpc) is 3.40. The van der Waals surface area contributed by atoms with Crippen LogP contribution in [0.3, 0.4) is 0 Å². The Morgan fingerprint density at radius 3 is 2.18 bits per heavy atom. The van der Waals surface area contributed by atoms with Crippen LogP contribution < -0.4 is 5.32 Å². The quantitative estimate of drug-likeness (QED) is 0.189. The number of nitrogens with one attached hydrogen (secondary N) is 2. The summed E-state index contributed by atoms with van der Waals surface area (Å²) in [6.07, 6.45) is 9.53. The number of rotatable bonds is 12. The Morgan fingerprint density at radius 2 is 1.77 bits per heavy atom. The summed E-state index contributed by atoms with van der Waals surface area (Å²) in [6, 6.07) is 0.206. The topological polar surface area (TPSA) is 108 Å². The lowest BCUT2D eigenvalue weighted by Crippen LogP contribution is -2.31. The van der Waals surface area contributed by atoms with Crippen LogP contribution in [0.15, 0.2) is 47.2 Å². The number of aromatic nitrogens is 2. The molecule has 0 spiro atoms. The SMILES string of the molecule is C=C(C)/C(C)=C/C(/C=C(\CC)c1cnc(CN(C=O)CCC)[nH]1)=C(C)C.CC.CCC(C)NC(=O)OC.CO. The van der Waals surface area contributed by atoms with E-state index < -0.39 is 0 Å². The predicted octanol–water partition coefficient (Wildman–Crippen LogP) is 7.21. The van der Waals surface area contributed by atoms with Crippen molar-refractivity contribution in [2.24, 2.45) is 0 Å². The molecule has 0 radical (unpaired) electrons. The van der Waals surface area contributed by atoms with Gasteiger partial charge < -0.3 is 25.0 Å². The highest BCUT2D eigenvalue weighted by atomic mass is 16.5. The van der Waals surface area contributed by atoms with Crippen molar-refractivity contribution in [2.45, 2.75) is 101 Å². The summed E-state index contributed by atoms with van der Waals surface area (Å²) < 4.78 is 4.37. The molecule has 0 saturated heterocycles. The van der Waals surface area contributed by atoms with Gasteiger partial charge in [0.2, 0.25) is 6.41 Å². The molecule has 0 fully saturated rings. The Labute approximate surface area is 238 Å². The average molecular weight is 549 g/mol. The molecular formula is C31H56N4O4. The van der Waals surface area contributed by atoms with Gasteiger partial charge in [0.15, 0.2) is 0 Å². The first-order valence-corrected chi connectivity index (χ1v) is 13.8. The van der Waals surface area contributed by atoms with E-state index in [-0.39, 0.29) is 12.1 Å². The maximum absolute atomic E-state index is 11.1. The Kier molecular flexibility index (Phi) is 26.0. The van der Waals surface area contributed by atoms with Crippen molar-refractivity contribution >= 4 is 18.1 Å². The first kappa shape index (κ1) is 40.4. The molecule has 1 aromatic rings. The van der Waals surface area contributed by atoms with Crippen molar-refractivity contribution in [1.29, 1.82) is 0 Å². The predicted molar refractivity (Wildman–Crippen MR) is 165 cm³/mol. The molecule has 1 aromatic heterocycles. The lowest BCUT2D eigenvalue weighted by Gasteiger charge is -2.14. The molecule has 224 valence electrons. The largest absolute Gasteiger partial charge is 0.453 e. The normalized spacial score (nSPS) is 11.2. The summed E-state index contributed by atoms with van der Waals surface area (Å²) in [7, 11) is 2.36. The van der Waals surface area contributed by atoms with Crippen LogP contribution in [0.1, 0.15) is 100 Å². The van der Waals surface area contributed by atoms with Gasteiger partial charge in [0, 0.05) is 19.7 Å². The van der Waals surface area contributed by atoms with Gasteiger partial charge in [-0.1, -0.05) is 58.4 Å². The zero-order valence-corrected chi connectivity index (χ0v) is 26.7. The Balaban J connectivity index is -0.000000835. The number of ether oxygens (including phenoxy) is 1. The standard InChI is InChI=1S/C22H33N3O.C6H13NO2.C2H6.CH4O/c1-8-10-25(15-26)14-22-23-13-21(24-22)19(9-2)12-20(17(5)6)11-18(7)16(3)4;1-4-5(2)7-6(8)9-3;2*1-2/h11-13,15H,3,8-10,14H2,1-2,4-7H3,(H,23,24);5H,4H2,1-3H3,(H,7,8);1-2H3;2H,1H3/b18-11+,19-12+;;;. The van der Waals surface area contributed by atoms with E-state index in [9.17, 15) is 9.59 Å². The number of aliphatic hydroxyl groups excluding tert-OH is 1. The number of hydrogen-bond donors (Lipinski definition) is 3. The molecule has 0 aromatic carbocycles. The Morgan fingerprint density at radius 1 is 1.18 bits per heavy atom. The van der Waals surface area contributed by atoms with Crippen LogP contribution in [-0.2, 0) is 16.1 Å². The maximum atomic E-state index is 11.1. The second-order valence-electron chi connectivity index (χ2n) is 8.85. The zero-order chi connectivity index (χ0) is 31.0. The smallest absolute Gasteiger partial charge is 0.407 e. The van der Waals surface area contributed by atoms with Crippen molar-refractivity contribution in [2.75, 3.05) is 20.8 Å². The third-order valence-corrected chi connectivity index (χ3v) is 5.48. The van der Waals surface area contributed by atoms with Gasteiger partial charge in [0.1, 0.15) is 5.82 Å². The number of imidazole rings is 1. The number of alkyl carbamates (subject to hydrolysis) is 1. The molecular weight excluding hydrogens is 492 g/mol. The molecule has 0 aliphatic rings. The summed E-state index contributed by atoms with van der Waals surface area (Å²) in [4.78, 5) is 31.1. The number of carbonyl (C=O) groups excluding carboxylic acids is 2. The number of aliphatic hydroxyl groups is 1. The molecule has 3 N–H and O–H groups in total. The summed E-state index contributed by atoms with van der Waals surface area (Å²) >= 11 is 0. The van der Waals surface area contributed by atoms with Crippen LogP contribution in [-0.4, -0.2) is 59.3 Å². The summed E-state index contributed by atoms with van der Waals surface area (Å²) in [6.45, 7) is 25.7. The number of hydrogen-bond acceptors (Lipinski definition) is 5. The minimum atomic E-state index is -0.357. The summed E-state index contributed by atoms with van der Waals surface area (Å²) in [5.74, 6) is 0.812. The van der Waals surface area contributed by atoms with E-state index in [2.05, 4.69) is 73.4 Å². The van der Waals surface area contributed by atoms with Crippen molar-refractivity contribution in [3.8, 4) is 0 Å². The lowest BCUT2D eigenvalue weighted by molar-refractivity contribution is -0.118. The van der Waals surface area contributed by atoms with Gasteiger partial charge in [-0.3, -0.25) is 4.79 Å². The van der Waals surface area contributed by atoms with Crippen LogP contribution in [0.5, 0.6) is 0 Å². The Hall–Kier alpha value is -3.13. The number of nitrogens with zero attached hydrogens (tertiary/aromatic N) is 2. The lowest BCUT2D eigenvalue weighted by atomic mass is 10.00. The number of methoxy groups -OCH3 is 1. The van der Waals surface area contributed by atoms with Crippen LogP contribution >= 0.6 is 0 Å². The number of carbonyl (C=O) groups is 2. The highest BCUT2D eigenvalue weighted by Crippen LogP contribution is 2.22. The molecule has 39 heavy (non-hydrogen) atoms. The number of H-pyrrole nitrogens is 1. The molecule has 0 saturated carbocycles. The van der Waals surface area contributed by atoms with Gasteiger partial charge in [0.25, 0.3) is 0 Å². The number of allylic oxidation sites excluding steroid dienone is 7. The molecule has 8 nitrogen and oxygen atoms in total. The molecule has 0 aliphatic heterocycles. The van der Waals surface area contributed by atoms with E-state index in [0.717, 1.165) is 56.4 Å². The molecule has 1 rings (SSSR count). The third kappa shape index (κ3) is 18.7. The molecule has 8 heteroatoms. The molecule has 0 bridgehead atoms. The fourth-order valence-electron chi connectivity index (χ4n) is 2.86. The van der Waals surface area contributed by atoms with Crippen LogP contribution in [0, 0.1) is 0 Å². The van der Waals surface area contributed by atoms with Gasteiger partial charge in [-0.2, -0.15) is 0 Å². The van der Waals surface area contributed by atoms with Gasteiger partial charge >= 0.3 is 6.09 Å². The van der Waals surface area contributed by atoms with Gasteiger partial charge in [0.05, 0.1) is 25.5 Å². The fourth-order valence-corrected chi connectivity index (χ4v) is 2.86. The van der Waals surface area contributed by atoms with Crippen LogP contribution in [0.4, 0.5) is 4.79 Å². The van der Waals surface area contributed by atoms with Gasteiger partial charge in [-0.15, -0.1) is 0 Å². The fraction of sp³-hybridized carbons (Fsp3) is 0.581. The summed E-state index contributed by atoms with van der Waals surface area (Å²) in [5, 5.41) is 9.62. The molecule has 2 amide bonds. The first-order chi connectivity index (χ1) is 18.5. The summed E-state index contributed by atoms with van der Waals surface area (Å²) in [5.41, 5.74) is 6.90. The van der Waals surface area contributed by atoms with E-state index in [1.54, 1.807) is 4.90 Å². The minimum absolute atomic E-state index is 0.206. The minimum Gasteiger partial charge on any atom is -0.453 e. The molecule has 1 unspecified atom stereocenters. The molecule has 1 heterocycles. The van der Waals surface area contributed by atoms with Crippen molar-refractivity contribution in [3.63, 3.8) is 0 Å². The van der Waals surface area contributed by atoms with E-state index in [0.29, 0.717) is 6.54 Å². The highest BCUT2D eigenvalue weighted by Gasteiger charge is 2.09. The van der Waals surface area contributed by atoms with Crippen LogP contribution in [0.25, 0.3) is 5.57 Å². The van der Waals surface area contributed by atoms with Gasteiger partial charge in [-0.05, 0) is 76.7 Å². The van der Waals surface area contributed by atoms with Crippen molar-refractivity contribution < 1.29 is 19.4 Å². The maximum Gasteiger partial charge on any atom is 0.407 e. The van der Waals surface area contributed by atoms with E-state index >= 15 is 0 Å². The Bertz CT molecular complexity index is 909. The third-order valence-electron chi connectivity index (χ3n) is 5.48. The molecule has 1 atom stereocenters. The second kappa shape index (κ2) is 25.2.